The van der Waals surface area contributed by atoms with E-state index in [2.05, 4.69) is 27.5 Å². The minimum Gasteiger partial charge on any atom is -0.369 e. The van der Waals surface area contributed by atoms with Gasteiger partial charge in [0.2, 0.25) is 0 Å². The van der Waals surface area contributed by atoms with Crippen LogP contribution in [0.3, 0.4) is 0 Å². The minimum atomic E-state index is -0.0909. The van der Waals surface area contributed by atoms with Crippen LogP contribution < -0.4 is 10.6 Å². The molecule has 2 aromatic heterocycles. The summed E-state index contributed by atoms with van der Waals surface area (Å²) in [5.41, 5.74) is 4.18. The second-order valence-corrected chi connectivity index (χ2v) is 11.7. The van der Waals surface area contributed by atoms with Crippen molar-refractivity contribution >= 4 is 80.4 Å². The van der Waals surface area contributed by atoms with Crippen LogP contribution in [0.5, 0.6) is 0 Å². The zero-order valence-corrected chi connectivity index (χ0v) is 25.1. The largest absolute Gasteiger partial charge is 0.369 e. The number of hydrogen-bond donors (Lipinski definition) is 2. The molecule has 0 bridgehead atoms. The van der Waals surface area contributed by atoms with E-state index < -0.39 is 0 Å². The summed E-state index contributed by atoms with van der Waals surface area (Å²) < 4.78 is 1.63. The van der Waals surface area contributed by atoms with Crippen LogP contribution in [0.15, 0.2) is 35.4 Å². The van der Waals surface area contributed by atoms with Gasteiger partial charge in [-0.25, -0.2) is 14.6 Å². The molecule has 1 amide bonds. The summed E-state index contributed by atoms with van der Waals surface area (Å²) in [6.07, 6.45) is 2.61. The molecule has 2 aromatic carbocycles. The van der Waals surface area contributed by atoms with E-state index in [1.165, 1.54) is 23.5 Å². The summed E-state index contributed by atoms with van der Waals surface area (Å²) >= 11 is 21.9. The van der Waals surface area contributed by atoms with Gasteiger partial charge in [0, 0.05) is 23.9 Å². The van der Waals surface area contributed by atoms with Crippen LogP contribution in [-0.2, 0) is 0 Å². The third-order valence-corrected chi connectivity index (χ3v) is 8.50. The molecule has 1 radical (unpaired) electrons. The van der Waals surface area contributed by atoms with Crippen molar-refractivity contribution in [1.29, 1.82) is 0 Å². The van der Waals surface area contributed by atoms with Crippen LogP contribution in [0.25, 0.3) is 16.7 Å². The Morgan fingerprint density at radius 2 is 1.84 bits per heavy atom. The maximum Gasteiger partial charge on any atom is 0.279 e. The Hall–Kier alpha value is -2.17. The van der Waals surface area contributed by atoms with Crippen LogP contribution >= 0.6 is 58.3 Å². The summed E-state index contributed by atoms with van der Waals surface area (Å²) in [7, 11) is 1.64. The molecule has 0 saturated heterocycles. The Bertz CT molecular complexity index is 1490. The molecule has 0 spiro atoms. The van der Waals surface area contributed by atoms with E-state index in [-0.39, 0.29) is 10.5 Å². The monoisotopic (exact) mass is 607 g/mol. The number of benzene rings is 2. The van der Waals surface area contributed by atoms with Crippen LogP contribution in [0.1, 0.15) is 34.2 Å². The maximum absolute atomic E-state index is 12.3. The second-order valence-electron chi connectivity index (χ2n) is 8.51. The van der Waals surface area contributed by atoms with Gasteiger partial charge in [0.15, 0.2) is 5.65 Å². The Labute approximate surface area is 245 Å². The number of rotatable bonds is 8. The van der Waals surface area contributed by atoms with Gasteiger partial charge in [0.25, 0.3) is 5.24 Å². The Balaban J connectivity index is 1.70. The smallest absolute Gasteiger partial charge is 0.279 e. The number of halogens is 3. The molecule has 38 heavy (non-hydrogen) atoms. The molecule has 0 saturated carbocycles. The maximum atomic E-state index is 12.3. The standard InChI is InChI=1S/C26H26Cl3N6OS2/c1-13-6-7-14(2)17(10-13)20(38-26(36)30-4)8-9-31-23-21-24(33-15(3)32-23)35(34-25(21)37-5)22-18(28)11-16(27)12-19(22)29/h6-7,10-12,20H,1,8-9H2,2-5H3,(H,30,36)(H,31,32,33). The number of anilines is 1. The van der Waals surface area contributed by atoms with Gasteiger partial charge in [-0.05, 0) is 62.3 Å². The SMILES string of the molecule is [CH2]c1ccc(C)c(C(CCNc2nc(C)nc3c2c(SC)nn3-c2c(Cl)cc(Cl)cc2Cl)SC(=O)NC)c1. The quantitative estimate of drug-likeness (QED) is 0.197. The molecule has 1 unspecified atom stereocenters. The van der Waals surface area contributed by atoms with E-state index >= 15 is 0 Å². The van der Waals surface area contributed by atoms with E-state index in [1.54, 1.807) is 23.9 Å². The summed E-state index contributed by atoms with van der Waals surface area (Å²) in [5.74, 6) is 1.21. The van der Waals surface area contributed by atoms with Crippen molar-refractivity contribution in [2.75, 3.05) is 25.2 Å². The van der Waals surface area contributed by atoms with E-state index in [4.69, 9.17) is 39.9 Å². The highest BCUT2D eigenvalue weighted by Crippen LogP contribution is 2.38. The van der Waals surface area contributed by atoms with Gasteiger partial charge in [0.05, 0.1) is 15.4 Å². The summed E-state index contributed by atoms with van der Waals surface area (Å²) in [6, 6.07) is 9.29. The molecule has 4 aromatic rings. The van der Waals surface area contributed by atoms with Crippen molar-refractivity contribution < 1.29 is 4.79 Å². The van der Waals surface area contributed by atoms with E-state index in [0.717, 1.165) is 27.1 Å². The number of hydrogen-bond acceptors (Lipinski definition) is 7. The lowest BCUT2D eigenvalue weighted by Crippen LogP contribution is -2.16. The molecular formula is C26H26Cl3N6OS2. The third kappa shape index (κ3) is 6.18. The van der Waals surface area contributed by atoms with E-state index in [0.29, 0.717) is 51.0 Å². The number of nitrogens with one attached hydrogen (secondary N) is 2. The highest BCUT2D eigenvalue weighted by Gasteiger charge is 2.23. The van der Waals surface area contributed by atoms with Crippen molar-refractivity contribution in [1.82, 2.24) is 25.1 Å². The average molecular weight is 609 g/mol. The van der Waals surface area contributed by atoms with Gasteiger partial charge in [-0.2, -0.15) is 5.10 Å². The molecule has 0 aliphatic heterocycles. The van der Waals surface area contributed by atoms with Gasteiger partial charge in [0.1, 0.15) is 22.4 Å². The fraction of sp³-hybridized carbons (Fsp3) is 0.269. The normalized spacial score (nSPS) is 12.1. The molecule has 12 heteroatoms. The Kier molecular flexibility index (Phi) is 9.36. The first-order valence-electron chi connectivity index (χ1n) is 11.6. The minimum absolute atomic E-state index is 0.0722. The molecule has 0 fully saturated rings. The van der Waals surface area contributed by atoms with E-state index in [9.17, 15) is 4.79 Å². The number of carbonyl (C=O) groups excluding carboxylic acids is 1. The van der Waals surface area contributed by atoms with Gasteiger partial charge in [-0.3, -0.25) is 4.79 Å². The molecule has 1 atom stereocenters. The molecule has 2 heterocycles. The first-order valence-corrected chi connectivity index (χ1v) is 14.9. The molecule has 7 nitrogen and oxygen atoms in total. The molecular weight excluding hydrogens is 583 g/mol. The molecule has 0 aliphatic rings. The third-order valence-electron chi connectivity index (χ3n) is 5.84. The zero-order chi connectivity index (χ0) is 27.6. The number of fused-ring (bicyclic) bond motifs is 1. The number of nitrogens with zero attached hydrogens (tertiary/aromatic N) is 4. The lowest BCUT2D eigenvalue weighted by Gasteiger charge is -2.19. The van der Waals surface area contributed by atoms with Crippen molar-refractivity contribution in [2.24, 2.45) is 0 Å². The Morgan fingerprint density at radius 3 is 2.50 bits per heavy atom. The van der Waals surface area contributed by atoms with Gasteiger partial charge in [-0.1, -0.05) is 64.8 Å². The number of thioether (sulfide) groups is 2. The number of carbonyl (C=O) groups is 1. The Morgan fingerprint density at radius 1 is 1.13 bits per heavy atom. The number of amides is 1. The number of aryl methyl sites for hydroxylation is 2. The van der Waals surface area contributed by atoms with Crippen molar-refractivity contribution in [3.05, 3.63) is 74.8 Å². The highest BCUT2D eigenvalue weighted by molar-refractivity contribution is 8.13. The fourth-order valence-electron chi connectivity index (χ4n) is 4.08. The summed E-state index contributed by atoms with van der Waals surface area (Å²) in [5, 5.41) is 13.4. The fourth-order valence-corrected chi connectivity index (χ4v) is 6.61. The lowest BCUT2D eigenvalue weighted by molar-refractivity contribution is 0.262. The topological polar surface area (TPSA) is 84.7 Å². The van der Waals surface area contributed by atoms with Crippen molar-refractivity contribution in [3.8, 4) is 5.69 Å². The van der Waals surface area contributed by atoms with E-state index in [1.807, 2.05) is 38.3 Å². The molecule has 4 rings (SSSR count). The van der Waals surface area contributed by atoms with Crippen LogP contribution in [-0.4, -0.2) is 44.8 Å². The highest BCUT2D eigenvalue weighted by atomic mass is 35.5. The predicted octanol–water partition coefficient (Wildman–Crippen LogP) is 7.91. The average Bonchev–Trinajstić information content (AvgIpc) is 3.22. The van der Waals surface area contributed by atoms with Gasteiger partial charge in [-0.15, -0.1) is 11.8 Å². The molecule has 199 valence electrons. The van der Waals surface area contributed by atoms with Gasteiger partial charge >= 0.3 is 0 Å². The lowest BCUT2D eigenvalue weighted by atomic mass is 10.0. The van der Waals surface area contributed by atoms with Gasteiger partial charge < -0.3 is 10.6 Å². The van der Waals surface area contributed by atoms with Crippen LogP contribution in [0.2, 0.25) is 15.1 Å². The van der Waals surface area contributed by atoms with Crippen LogP contribution in [0.4, 0.5) is 10.6 Å². The summed E-state index contributed by atoms with van der Waals surface area (Å²) in [6.45, 7) is 8.48. The van der Waals surface area contributed by atoms with Crippen LogP contribution in [0, 0.1) is 20.8 Å². The van der Waals surface area contributed by atoms with Crippen molar-refractivity contribution in [2.45, 2.75) is 30.5 Å². The van der Waals surface area contributed by atoms with Crippen molar-refractivity contribution in [3.63, 3.8) is 0 Å². The molecule has 2 N–H and O–H groups in total. The summed E-state index contributed by atoms with van der Waals surface area (Å²) in [4.78, 5) is 21.6. The number of aromatic nitrogens is 4. The zero-order valence-electron chi connectivity index (χ0n) is 21.2. The first-order chi connectivity index (χ1) is 18.1. The predicted molar refractivity (Wildman–Crippen MR) is 162 cm³/mol. The second kappa shape index (κ2) is 12.3. The molecule has 0 aliphatic carbocycles. The first kappa shape index (κ1) is 28.8.